The standard InChI is InChI=1S/C27H23F3N6O2/c1-33-13-10-20(11-14-33)35-25(37)23(24-9-12-32-36(24)21-7-5-18(16-31)6-8-21)17-34(26(35)38)22-4-2-3-19(15-22)27(28,29)30/h2-9,12,15,17,20H,10-11,13-14H2,1H3. The fourth-order valence-electron chi connectivity index (χ4n) is 4.73. The molecule has 4 aromatic rings. The monoisotopic (exact) mass is 520 g/mol. The Labute approximate surface area is 215 Å². The average molecular weight is 521 g/mol. The van der Waals surface area contributed by atoms with Gasteiger partial charge in [-0.05, 0) is 81.5 Å². The second kappa shape index (κ2) is 9.79. The molecule has 11 heteroatoms. The molecule has 0 radical (unpaired) electrons. The van der Waals surface area contributed by atoms with Crippen molar-refractivity contribution in [2.45, 2.75) is 25.1 Å². The predicted molar refractivity (Wildman–Crippen MR) is 134 cm³/mol. The number of nitrogens with zero attached hydrogens (tertiary/aromatic N) is 6. The van der Waals surface area contributed by atoms with E-state index in [1.54, 1.807) is 30.3 Å². The van der Waals surface area contributed by atoms with E-state index in [-0.39, 0.29) is 11.3 Å². The van der Waals surface area contributed by atoms with Crippen molar-refractivity contribution < 1.29 is 13.2 Å². The van der Waals surface area contributed by atoms with Gasteiger partial charge in [0, 0.05) is 12.2 Å². The second-order valence-electron chi connectivity index (χ2n) is 9.24. The van der Waals surface area contributed by atoms with Crippen LogP contribution in [0.2, 0.25) is 0 Å². The number of halogens is 3. The zero-order chi connectivity index (χ0) is 27.0. The molecule has 0 saturated carbocycles. The fourth-order valence-corrected chi connectivity index (χ4v) is 4.73. The van der Waals surface area contributed by atoms with Crippen LogP contribution in [0.5, 0.6) is 0 Å². The number of benzene rings is 2. The Kier molecular flexibility index (Phi) is 6.50. The maximum atomic E-state index is 13.8. The zero-order valence-corrected chi connectivity index (χ0v) is 20.4. The van der Waals surface area contributed by atoms with Crippen LogP contribution in [-0.2, 0) is 6.18 Å². The maximum Gasteiger partial charge on any atom is 0.416 e. The van der Waals surface area contributed by atoms with Crippen LogP contribution in [0.4, 0.5) is 13.2 Å². The van der Waals surface area contributed by atoms with E-state index in [4.69, 9.17) is 5.26 Å². The van der Waals surface area contributed by atoms with Crippen LogP contribution in [-0.4, -0.2) is 44.0 Å². The van der Waals surface area contributed by atoms with Crippen LogP contribution in [0.25, 0.3) is 22.6 Å². The van der Waals surface area contributed by atoms with Gasteiger partial charge in [0.25, 0.3) is 5.56 Å². The van der Waals surface area contributed by atoms with Gasteiger partial charge in [-0.3, -0.25) is 13.9 Å². The quantitative estimate of drug-likeness (QED) is 0.406. The highest BCUT2D eigenvalue weighted by atomic mass is 19.4. The highest BCUT2D eigenvalue weighted by molar-refractivity contribution is 5.61. The highest BCUT2D eigenvalue weighted by Crippen LogP contribution is 2.30. The molecular weight excluding hydrogens is 497 g/mol. The first kappa shape index (κ1) is 25.2. The van der Waals surface area contributed by atoms with Gasteiger partial charge in [0.2, 0.25) is 0 Å². The molecule has 1 aliphatic rings. The van der Waals surface area contributed by atoms with E-state index in [1.807, 2.05) is 13.1 Å². The Balaban J connectivity index is 1.73. The summed E-state index contributed by atoms with van der Waals surface area (Å²) in [5, 5.41) is 13.4. The molecule has 1 fully saturated rings. The van der Waals surface area contributed by atoms with Crippen molar-refractivity contribution >= 4 is 0 Å². The van der Waals surface area contributed by atoms with Gasteiger partial charge in [-0.15, -0.1) is 0 Å². The summed E-state index contributed by atoms with van der Waals surface area (Å²) in [5.41, 5.74) is -0.637. The van der Waals surface area contributed by atoms with Crippen molar-refractivity contribution in [3.05, 3.63) is 99.0 Å². The van der Waals surface area contributed by atoms with Crippen molar-refractivity contribution in [1.29, 1.82) is 5.26 Å². The second-order valence-corrected chi connectivity index (χ2v) is 9.24. The third kappa shape index (κ3) is 4.66. The van der Waals surface area contributed by atoms with Crippen LogP contribution < -0.4 is 11.2 Å². The summed E-state index contributed by atoms with van der Waals surface area (Å²) < 4.78 is 44.2. The summed E-state index contributed by atoms with van der Waals surface area (Å²) in [6.45, 7) is 1.35. The third-order valence-electron chi connectivity index (χ3n) is 6.78. The van der Waals surface area contributed by atoms with E-state index in [0.717, 1.165) is 16.7 Å². The van der Waals surface area contributed by atoms with Gasteiger partial charge < -0.3 is 4.90 Å². The molecule has 0 amide bonds. The summed E-state index contributed by atoms with van der Waals surface area (Å²) in [7, 11) is 1.95. The first-order valence-electron chi connectivity index (χ1n) is 12.0. The number of hydrogen-bond donors (Lipinski definition) is 0. The van der Waals surface area contributed by atoms with Crippen molar-refractivity contribution in [2.24, 2.45) is 0 Å². The molecule has 5 rings (SSSR count). The molecule has 0 unspecified atom stereocenters. The average Bonchev–Trinajstić information content (AvgIpc) is 3.39. The Bertz CT molecular complexity index is 1640. The van der Waals surface area contributed by atoms with Gasteiger partial charge in [-0.2, -0.15) is 23.5 Å². The topological polar surface area (TPSA) is 88.8 Å². The molecule has 8 nitrogen and oxygen atoms in total. The molecule has 1 aliphatic heterocycles. The summed E-state index contributed by atoms with van der Waals surface area (Å²) in [6.07, 6.45) is -0.729. The van der Waals surface area contributed by atoms with Gasteiger partial charge in [0.1, 0.15) is 0 Å². The number of nitriles is 1. The lowest BCUT2D eigenvalue weighted by Gasteiger charge is -2.30. The first-order valence-corrected chi connectivity index (χ1v) is 12.0. The number of likely N-dealkylation sites (tertiary alicyclic amines) is 1. The first-order chi connectivity index (χ1) is 18.2. The zero-order valence-electron chi connectivity index (χ0n) is 20.4. The molecule has 0 aliphatic carbocycles. The van der Waals surface area contributed by atoms with Crippen LogP contribution in [0.1, 0.15) is 30.0 Å². The van der Waals surface area contributed by atoms with Crippen molar-refractivity contribution in [1.82, 2.24) is 23.8 Å². The van der Waals surface area contributed by atoms with Gasteiger partial charge >= 0.3 is 11.9 Å². The Morgan fingerprint density at radius 1 is 1.00 bits per heavy atom. The molecular formula is C27H23F3N6O2. The number of alkyl halides is 3. The number of hydrogen-bond acceptors (Lipinski definition) is 5. The van der Waals surface area contributed by atoms with Gasteiger partial charge in [-0.25, -0.2) is 9.48 Å². The molecule has 38 heavy (non-hydrogen) atoms. The van der Waals surface area contributed by atoms with E-state index in [2.05, 4.69) is 10.00 Å². The van der Waals surface area contributed by atoms with E-state index in [0.29, 0.717) is 42.9 Å². The molecule has 0 spiro atoms. The Morgan fingerprint density at radius 2 is 1.71 bits per heavy atom. The van der Waals surface area contributed by atoms with Crippen molar-refractivity contribution in [3.8, 4) is 28.7 Å². The highest BCUT2D eigenvalue weighted by Gasteiger charge is 2.31. The SMILES string of the molecule is CN1CCC(n2c(=O)c(-c3ccnn3-c3ccc(C#N)cc3)cn(-c3cccc(C(F)(F)F)c3)c2=O)CC1. The lowest BCUT2D eigenvalue weighted by molar-refractivity contribution is -0.137. The summed E-state index contributed by atoms with van der Waals surface area (Å²) >= 11 is 0. The summed E-state index contributed by atoms with van der Waals surface area (Å²) in [6, 6.07) is 14.3. The number of piperidine rings is 1. The molecule has 0 bridgehead atoms. The van der Waals surface area contributed by atoms with E-state index < -0.39 is 29.0 Å². The van der Waals surface area contributed by atoms with Crippen LogP contribution >= 0.6 is 0 Å². The van der Waals surface area contributed by atoms with Crippen LogP contribution in [0.3, 0.4) is 0 Å². The molecule has 2 aromatic heterocycles. The molecule has 2 aromatic carbocycles. The predicted octanol–water partition coefficient (Wildman–Crippen LogP) is 4.01. The Morgan fingerprint density at radius 3 is 2.37 bits per heavy atom. The lowest BCUT2D eigenvalue weighted by atomic mass is 10.0. The number of rotatable bonds is 4. The van der Waals surface area contributed by atoms with Gasteiger partial charge in [-0.1, -0.05) is 6.07 Å². The minimum absolute atomic E-state index is 0.00260. The maximum absolute atomic E-state index is 13.8. The largest absolute Gasteiger partial charge is 0.416 e. The molecule has 0 N–H and O–H groups in total. The third-order valence-corrected chi connectivity index (χ3v) is 6.78. The van der Waals surface area contributed by atoms with Crippen molar-refractivity contribution in [3.63, 3.8) is 0 Å². The van der Waals surface area contributed by atoms with Crippen LogP contribution in [0, 0.1) is 11.3 Å². The summed E-state index contributed by atoms with van der Waals surface area (Å²) in [4.78, 5) is 29.6. The van der Waals surface area contributed by atoms with E-state index in [9.17, 15) is 22.8 Å². The molecule has 194 valence electrons. The van der Waals surface area contributed by atoms with Crippen LogP contribution in [0.15, 0.2) is 76.6 Å². The summed E-state index contributed by atoms with van der Waals surface area (Å²) in [5.74, 6) is 0. The minimum Gasteiger partial charge on any atom is -0.306 e. The fraction of sp³-hybridized carbons (Fsp3) is 0.259. The van der Waals surface area contributed by atoms with E-state index in [1.165, 1.54) is 33.8 Å². The molecule has 3 heterocycles. The smallest absolute Gasteiger partial charge is 0.306 e. The normalized spacial score (nSPS) is 14.9. The van der Waals surface area contributed by atoms with Crippen molar-refractivity contribution in [2.75, 3.05) is 20.1 Å². The molecule has 1 saturated heterocycles. The minimum atomic E-state index is -4.60. The lowest BCUT2D eigenvalue weighted by Crippen LogP contribution is -2.45. The number of aromatic nitrogens is 4. The van der Waals surface area contributed by atoms with Gasteiger partial charge in [0.05, 0.1) is 46.0 Å². The molecule has 0 atom stereocenters. The van der Waals surface area contributed by atoms with Gasteiger partial charge in [0.15, 0.2) is 0 Å². The van der Waals surface area contributed by atoms with E-state index >= 15 is 0 Å². The Hall–Kier alpha value is -4.43.